The van der Waals surface area contributed by atoms with Crippen molar-refractivity contribution >= 4 is 0 Å². The summed E-state index contributed by atoms with van der Waals surface area (Å²) in [5.41, 5.74) is 9.61. The van der Waals surface area contributed by atoms with Gasteiger partial charge in [-0.2, -0.15) is 0 Å². The summed E-state index contributed by atoms with van der Waals surface area (Å²) >= 11 is 0. The van der Waals surface area contributed by atoms with E-state index in [-0.39, 0.29) is 11.8 Å². The molecule has 4 heteroatoms. The van der Waals surface area contributed by atoms with Crippen LogP contribution in [0.3, 0.4) is 0 Å². The third-order valence-electron chi connectivity index (χ3n) is 8.42. The molecule has 4 nitrogen and oxygen atoms in total. The number of fused-ring (bicyclic) bond motifs is 3. The average molecular weight is 551 g/mol. The number of ether oxygens (including phenoxy) is 2. The Morgan fingerprint density at radius 3 is 1.37 bits per heavy atom. The van der Waals surface area contributed by atoms with E-state index in [9.17, 15) is 10.2 Å². The van der Waals surface area contributed by atoms with Crippen molar-refractivity contribution in [2.24, 2.45) is 0 Å². The van der Waals surface area contributed by atoms with Crippen LogP contribution in [0.1, 0.15) is 97.9 Å². The second kappa shape index (κ2) is 11.7. The Balaban J connectivity index is 1.95. The molecule has 4 aromatic rings. The fraction of sp³-hybridized carbons (Fsp3) is 0.351. The molecule has 0 amide bonds. The summed E-state index contributed by atoms with van der Waals surface area (Å²) in [4.78, 5) is 0. The fourth-order valence-corrected chi connectivity index (χ4v) is 6.42. The normalized spacial score (nSPS) is 13.6. The summed E-state index contributed by atoms with van der Waals surface area (Å²) in [5, 5.41) is 22.7. The van der Waals surface area contributed by atoms with E-state index >= 15 is 0 Å². The van der Waals surface area contributed by atoms with Crippen molar-refractivity contribution in [3.05, 3.63) is 117 Å². The van der Waals surface area contributed by atoms with Gasteiger partial charge in [0.15, 0.2) is 0 Å². The molecule has 0 aromatic heterocycles. The molecule has 0 radical (unpaired) electrons. The van der Waals surface area contributed by atoms with Crippen molar-refractivity contribution in [2.45, 2.75) is 72.0 Å². The highest BCUT2D eigenvalue weighted by molar-refractivity contribution is 5.86. The molecule has 1 aliphatic carbocycles. The van der Waals surface area contributed by atoms with Crippen LogP contribution in [0, 0.1) is 0 Å². The van der Waals surface area contributed by atoms with Gasteiger partial charge in [0, 0.05) is 24.3 Å². The third kappa shape index (κ3) is 4.83. The molecule has 0 spiro atoms. The first-order valence-corrected chi connectivity index (χ1v) is 14.8. The summed E-state index contributed by atoms with van der Waals surface area (Å²) in [7, 11) is 0. The smallest absolute Gasteiger partial charge is 0.124 e. The van der Waals surface area contributed by atoms with Gasteiger partial charge in [-0.3, -0.25) is 0 Å². The molecule has 1 aliphatic rings. The molecule has 4 aromatic carbocycles. The molecule has 0 bridgehead atoms. The second-order valence-corrected chi connectivity index (χ2v) is 11.6. The highest BCUT2D eigenvalue weighted by Crippen LogP contribution is 2.57. The first-order valence-electron chi connectivity index (χ1n) is 14.8. The summed E-state index contributed by atoms with van der Waals surface area (Å²) in [5.74, 6) is 0.827. The van der Waals surface area contributed by atoms with E-state index in [4.69, 9.17) is 9.47 Å². The van der Waals surface area contributed by atoms with Crippen molar-refractivity contribution < 1.29 is 19.7 Å². The highest BCUT2D eigenvalue weighted by Gasteiger charge is 2.47. The van der Waals surface area contributed by atoms with Crippen molar-refractivity contribution in [3.63, 3.8) is 0 Å². The van der Waals surface area contributed by atoms with Gasteiger partial charge in [0.1, 0.15) is 11.5 Å². The minimum atomic E-state index is -0.677. The largest absolute Gasteiger partial charge is 0.507 e. The number of phenolic OH excluding ortho intramolecular Hbond substituents is 2. The Hall–Kier alpha value is -3.60. The molecule has 0 saturated carbocycles. The molecule has 0 heterocycles. The van der Waals surface area contributed by atoms with E-state index in [2.05, 4.69) is 100 Å². The van der Waals surface area contributed by atoms with Crippen molar-refractivity contribution in [3.8, 4) is 22.6 Å². The Kier molecular flexibility index (Phi) is 8.26. The van der Waals surface area contributed by atoms with Gasteiger partial charge < -0.3 is 19.7 Å². The number of hydrogen-bond acceptors (Lipinski definition) is 4. The van der Waals surface area contributed by atoms with Gasteiger partial charge in [-0.25, -0.2) is 0 Å². The topological polar surface area (TPSA) is 58.9 Å². The van der Waals surface area contributed by atoms with Crippen LogP contribution in [-0.4, -0.2) is 23.4 Å². The van der Waals surface area contributed by atoms with E-state index < -0.39 is 5.41 Å². The lowest BCUT2D eigenvalue weighted by atomic mass is 9.66. The quantitative estimate of drug-likeness (QED) is 0.182. The number of phenols is 2. The maximum absolute atomic E-state index is 11.4. The van der Waals surface area contributed by atoms with Crippen LogP contribution in [0.15, 0.2) is 72.8 Å². The Morgan fingerprint density at radius 1 is 0.610 bits per heavy atom. The monoisotopic (exact) mass is 550 g/mol. The minimum absolute atomic E-state index is 0.110. The molecule has 2 N–H and O–H groups in total. The van der Waals surface area contributed by atoms with Gasteiger partial charge in [0.25, 0.3) is 0 Å². The molecule has 0 saturated heterocycles. The van der Waals surface area contributed by atoms with Crippen LogP contribution in [0.25, 0.3) is 11.1 Å². The lowest BCUT2D eigenvalue weighted by Crippen LogP contribution is -2.29. The fourth-order valence-electron chi connectivity index (χ4n) is 6.42. The second-order valence-electron chi connectivity index (χ2n) is 11.6. The van der Waals surface area contributed by atoms with Gasteiger partial charge in [-0.1, -0.05) is 88.4 Å². The summed E-state index contributed by atoms with van der Waals surface area (Å²) in [6, 6.07) is 25.9. The lowest BCUT2D eigenvalue weighted by Gasteiger charge is -2.36. The molecule has 5 rings (SSSR count). The van der Waals surface area contributed by atoms with Crippen LogP contribution in [0.4, 0.5) is 0 Å². The molecule has 0 fully saturated rings. The van der Waals surface area contributed by atoms with Crippen molar-refractivity contribution in [1.29, 1.82) is 0 Å². The SMILES string of the molecule is CCOCc1cc(C2(c3cc(COCC)c(O)c(C(C)C)c3)c3ccccc3-c3ccccc32)cc(C(C)C)c1O. The number of aromatic hydroxyl groups is 2. The van der Waals surface area contributed by atoms with E-state index in [0.717, 1.165) is 33.4 Å². The highest BCUT2D eigenvalue weighted by atomic mass is 16.5. The maximum Gasteiger partial charge on any atom is 0.124 e. The Labute approximate surface area is 244 Å². The average Bonchev–Trinajstić information content (AvgIpc) is 3.27. The van der Waals surface area contributed by atoms with Crippen LogP contribution < -0.4 is 0 Å². The van der Waals surface area contributed by atoms with Crippen LogP contribution in [-0.2, 0) is 28.1 Å². The molecule has 0 unspecified atom stereocenters. The third-order valence-corrected chi connectivity index (χ3v) is 8.42. The Bertz CT molecular complexity index is 1430. The minimum Gasteiger partial charge on any atom is -0.507 e. The van der Waals surface area contributed by atoms with Gasteiger partial charge in [0.2, 0.25) is 0 Å². The van der Waals surface area contributed by atoms with Crippen LogP contribution in [0.2, 0.25) is 0 Å². The zero-order chi connectivity index (χ0) is 29.3. The zero-order valence-corrected chi connectivity index (χ0v) is 25.1. The van der Waals surface area contributed by atoms with Crippen molar-refractivity contribution in [1.82, 2.24) is 0 Å². The van der Waals surface area contributed by atoms with Crippen LogP contribution in [0.5, 0.6) is 11.5 Å². The zero-order valence-electron chi connectivity index (χ0n) is 25.1. The summed E-state index contributed by atoms with van der Waals surface area (Å²) in [6.45, 7) is 14.2. The van der Waals surface area contributed by atoms with Gasteiger partial charge in [0.05, 0.1) is 18.6 Å². The Morgan fingerprint density at radius 2 is 1.00 bits per heavy atom. The predicted molar refractivity (Wildman–Crippen MR) is 166 cm³/mol. The lowest BCUT2D eigenvalue weighted by molar-refractivity contribution is 0.132. The number of rotatable bonds is 10. The van der Waals surface area contributed by atoms with Crippen LogP contribution >= 0.6 is 0 Å². The predicted octanol–water partition coefficient (Wildman–Crippen LogP) is 8.78. The van der Waals surface area contributed by atoms with Gasteiger partial charge in [-0.05, 0) is 82.3 Å². The van der Waals surface area contributed by atoms with E-state index in [0.29, 0.717) is 37.9 Å². The van der Waals surface area contributed by atoms with E-state index in [1.54, 1.807) is 0 Å². The summed E-state index contributed by atoms with van der Waals surface area (Å²) in [6.07, 6.45) is 0. The first-order chi connectivity index (χ1) is 19.7. The van der Waals surface area contributed by atoms with E-state index in [1.165, 1.54) is 22.3 Å². The van der Waals surface area contributed by atoms with Gasteiger partial charge in [-0.15, -0.1) is 0 Å². The van der Waals surface area contributed by atoms with E-state index in [1.807, 2.05) is 13.8 Å². The molecule has 0 atom stereocenters. The number of benzene rings is 4. The molecular formula is C37H42O4. The molecular weight excluding hydrogens is 508 g/mol. The molecule has 0 aliphatic heterocycles. The number of hydrogen-bond donors (Lipinski definition) is 2. The van der Waals surface area contributed by atoms with Gasteiger partial charge >= 0.3 is 0 Å². The molecule has 41 heavy (non-hydrogen) atoms. The first kappa shape index (κ1) is 28.9. The maximum atomic E-state index is 11.4. The standard InChI is InChI=1S/C37H42O4/c1-7-40-21-25-17-27(19-31(23(3)4)35(25)38)37(28-18-26(22-41-8-2)36(39)32(20-28)24(5)6)33-15-11-9-13-29(33)30-14-10-12-16-34(30)37/h9-20,23-24,38-39H,7-8,21-22H2,1-6H3. The summed E-state index contributed by atoms with van der Waals surface area (Å²) < 4.78 is 11.7. The van der Waals surface area contributed by atoms with Crippen molar-refractivity contribution in [2.75, 3.05) is 13.2 Å². The molecule has 214 valence electrons.